The summed E-state index contributed by atoms with van der Waals surface area (Å²) in [5.74, 6) is -2.18. The predicted molar refractivity (Wildman–Crippen MR) is 54.9 cm³/mol. The van der Waals surface area contributed by atoms with Crippen LogP contribution in [0.15, 0.2) is 24.8 Å². The van der Waals surface area contributed by atoms with Crippen molar-refractivity contribution in [1.29, 1.82) is 0 Å². The SMILES string of the molecule is C=CCCc1cc(F)c(C(C)=O)c(F)c1. The molecule has 0 radical (unpaired) electrons. The van der Waals surface area contributed by atoms with Gasteiger partial charge < -0.3 is 0 Å². The van der Waals surface area contributed by atoms with Crippen LogP contribution in [0, 0.1) is 11.6 Å². The summed E-state index contributed by atoms with van der Waals surface area (Å²) in [6.07, 6.45) is 2.85. The van der Waals surface area contributed by atoms with Crippen LogP contribution in [0.5, 0.6) is 0 Å². The molecule has 0 aliphatic carbocycles. The fourth-order valence-electron chi connectivity index (χ4n) is 1.38. The van der Waals surface area contributed by atoms with Gasteiger partial charge in [-0.1, -0.05) is 6.08 Å². The van der Waals surface area contributed by atoms with Crippen LogP contribution in [-0.2, 0) is 6.42 Å². The molecule has 0 fully saturated rings. The van der Waals surface area contributed by atoms with E-state index in [9.17, 15) is 13.6 Å². The van der Waals surface area contributed by atoms with Gasteiger partial charge in [0.2, 0.25) is 0 Å². The first-order chi connectivity index (χ1) is 7.06. The molecule has 0 saturated carbocycles. The van der Waals surface area contributed by atoms with Crippen molar-refractivity contribution in [2.45, 2.75) is 19.8 Å². The van der Waals surface area contributed by atoms with E-state index in [0.29, 0.717) is 18.4 Å². The number of allylic oxidation sites excluding steroid dienone is 1. The molecule has 0 N–H and O–H groups in total. The molecular weight excluding hydrogens is 198 g/mol. The van der Waals surface area contributed by atoms with Crippen LogP contribution >= 0.6 is 0 Å². The number of halogens is 2. The van der Waals surface area contributed by atoms with Crippen LogP contribution in [0.25, 0.3) is 0 Å². The first-order valence-corrected chi connectivity index (χ1v) is 4.66. The molecule has 0 bridgehead atoms. The van der Waals surface area contributed by atoms with E-state index in [1.54, 1.807) is 6.08 Å². The van der Waals surface area contributed by atoms with Gasteiger partial charge >= 0.3 is 0 Å². The average Bonchev–Trinajstić information content (AvgIpc) is 2.12. The first-order valence-electron chi connectivity index (χ1n) is 4.66. The number of hydrogen-bond donors (Lipinski definition) is 0. The number of carbonyl (C=O) groups is 1. The normalized spacial score (nSPS) is 10.1. The van der Waals surface area contributed by atoms with Crippen LogP contribution in [0.4, 0.5) is 8.78 Å². The molecule has 3 heteroatoms. The van der Waals surface area contributed by atoms with Crippen LogP contribution in [0.2, 0.25) is 0 Å². The van der Waals surface area contributed by atoms with Crippen molar-refractivity contribution < 1.29 is 13.6 Å². The molecule has 15 heavy (non-hydrogen) atoms. The molecule has 1 rings (SSSR count). The van der Waals surface area contributed by atoms with E-state index in [0.717, 1.165) is 6.92 Å². The lowest BCUT2D eigenvalue weighted by Gasteiger charge is -2.04. The van der Waals surface area contributed by atoms with Crippen molar-refractivity contribution in [3.05, 3.63) is 47.5 Å². The molecule has 1 nitrogen and oxygen atoms in total. The van der Waals surface area contributed by atoms with Crippen molar-refractivity contribution in [2.24, 2.45) is 0 Å². The van der Waals surface area contributed by atoms with Crippen LogP contribution in [0.3, 0.4) is 0 Å². The molecule has 1 aromatic carbocycles. The second kappa shape index (κ2) is 4.82. The van der Waals surface area contributed by atoms with Gasteiger partial charge in [0, 0.05) is 0 Å². The molecule has 0 aromatic heterocycles. The Hall–Kier alpha value is -1.51. The number of hydrogen-bond acceptors (Lipinski definition) is 1. The molecule has 0 spiro atoms. The molecule has 0 aliphatic heterocycles. The highest BCUT2D eigenvalue weighted by Gasteiger charge is 2.14. The maximum absolute atomic E-state index is 13.3. The Labute approximate surface area is 87.4 Å². The highest BCUT2D eigenvalue weighted by atomic mass is 19.1. The third kappa shape index (κ3) is 2.72. The molecule has 1 aromatic rings. The highest BCUT2D eigenvalue weighted by Crippen LogP contribution is 2.17. The first kappa shape index (κ1) is 11.6. The topological polar surface area (TPSA) is 17.1 Å². The number of Topliss-reactive ketones (excluding diaryl/α,β-unsaturated/α-hetero) is 1. The number of rotatable bonds is 4. The zero-order chi connectivity index (χ0) is 11.4. The summed E-state index contributed by atoms with van der Waals surface area (Å²) < 4.78 is 26.6. The number of carbonyl (C=O) groups excluding carboxylic acids is 1. The minimum atomic E-state index is -0.790. The van der Waals surface area contributed by atoms with E-state index in [4.69, 9.17) is 0 Å². The summed E-state index contributed by atoms with van der Waals surface area (Å²) in [4.78, 5) is 10.9. The van der Waals surface area contributed by atoms with E-state index in [2.05, 4.69) is 6.58 Å². The highest BCUT2D eigenvalue weighted by molar-refractivity contribution is 5.94. The maximum Gasteiger partial charge on any atom is 0.165 e. The minimum Gasteiger partial charge on any atom is -0.294 e. The molecule has 80 valence electrons. The second-order valence-electron chi connectivity index (χ2n) is 3.32. The average molecular weight is 210 g/mol. The van der Waals surface area contributed by atoms with Gasteiger partial charge in [0.05, 0.1) is 5.56 Å². The molecule has 0 heterocycles. The molecule has 0 amide bonds. The fourth-order valence-corrected chi connectivity index (χ4v) is 1.38. The van der Waals surface area contributed by atoms with E-state index in [-0.39, 0.29) is 0 Å². The molecule has 0 aliphatic rings. The van der Waals surface area contributed by atoms with Gasteiger partial charge in [0.25, 0.3) is 0 Å². The van der Waals surface area contributed by atoms with Crippen LogP contribution < -0.4 is 0 Å². The van der Waals surface area contributed by atoms with Gasteiger partial charge in [0.15, 0.2) is 5.78 Å². The standard InChI is InChI=1S/C12H12F2O/c1-3-4-5-9-6-10(13)12(8(2)15)11(14)7-9/h3,6-7H,1,4-5H2,2H3. The molecular formula is C12H12F2O. The smallest absolute Gasteiger partial charge is 0.165 e. The maximum atomic E-state index is 13.3. The molecule has 0 atom stereocenters. The monoisotopic (exact) mass is 210 g/mol. The lowest BCUT2D eigenvalue weighted by molar-refractivity contribution is 0.101. The van der Waals surface area contributed by atoms with Crippen molar-refractivity contribution in [2.75, 3.05) is 0 Å². The van der Waals surface area contributed by atoms with Crippen molar-refractivity contribution in [1.82, 2.24) is 0 Å². The Kier molecular flexibility index (Phi) is 3.72. The lowest BCUT2D eigenvalue weighted by atomic mass is 10.0. The van der Waals surface area contributed by atoms with Crippen molar-refractivity contribution in [3.63, 3.8) is 0 Å². The van der Waals surface area contributed by atoms with Crippen molar-refractivity contribution >= 4 is 5.78 Å². The van der Waals surface area contributed by atoms with E-state index in [1.165, 1.54) is 12.1 Å². The summed E-state index contributed by atoms with van der Waals surface area (Å²) in [6, 6.07) is 2.40. The lowest BCUT2D eigenvalue weighted by Crippen LogP contribution is -2.03. The van der Waals surface area contributed by atoms with Gasteiger partial charge in [-0.3, -0.25) is 4.79 Å². The van der Waals surface area contributed by atoms with E-state index in [1.807, 2.05) is 0 Å². The molecule has 0 saturated heterocycles. The summed E-state index contributed by atoms with van der Waals surface area (Å²) in [7, 11) is 0. The van der Waals surface area contributed by atoms with Crippen LogP contribution in [-0.4, -0.2) is 5.78 Å². The Bertz CT molecular complexity index is 374. The van der Waals surface area contributed by atoms with Gasteiger partial charge in [-0.05, 0) is 37.5 Å². The largest absolute Gasteiger partial charge is 0.294 e. The summed E-state index contributed by atoms with van der Waals surface area (Å²) in [5.41, 5.74) is 0.0762. The Morgan fingerprint density at radius 1 is 1.40 bits per heavy atom. The zero-order valence-electron chi connectivity index (χ0n) is 8.52. The second-order valence-corrected chi connectivity index (χ2v) is 3.32. The number of aryl methyl sites for hydroxylation is 1. The Balaban J connectivity index is 3.07. The third-order valence-electron chi connectivity index (χ3n) is 2.09. The van der Waals surface area contributed by atoms with Crippen molar-refractivity contribution in [3.8, 4) is 0 Å². The number of benzene rings is 1. The predicted octanol–water partition coefficient (Wildman–Crippen LogP) is 3.29. The fraction of sp³-hybridized carbons (Fsp3) is 0.250. The molecule has 0 unspecified atom stereocenters. The Morgan fingerprint density at radius 3 is 2.33 bits per heavy atom. The van der Waals surface area contributed by atoms with E-state index >= 15 is 0 Å². The van der Waals surface area contributed by atoms with E-state index < -0.39 is 23.0 Å². The quantitative estimate of drug-likeness (QED) is 0.550. The van der Waals surface area contributed by atoms with Gasteiger partial charge in [0.1, 0.15) is 11.6 Å². The van der Waals surface area contributed by atoms with Crippen LogP contribution in [0.1, 0.15) is 29.3 Å². The van der Waals surface area contributed by atoms with Gasteiger partial charge in [-0.15, -0.1) is 6.58 Å². The Morgan fingerprint density at radius 2 is 1.93 bits per heavy atom. The van der Waals surface area contributed by atoms with Gasteiger partial charge in [-0.25, -0.2) is 8.78 Å². The number of ketones is 1. The summed E-state index contributed by atoms with van der Waals surface area (Å²) >= 11 is 0. The third-order valence-corrected chi connectivity index (χ3v) is 2.09. The summed E-state index contributed by atoms with van der Waals surface area (Å²) in [6.45, 7) is 4.67. The minimum absolute atomic E-state index is 0.461. The zero-order valence-corrected chi connectivity index (χ0v) is 8.52. The summed E-state index contributed by atoms with van der Waals surface area (Å²) in [5, 5.41) is 0. The van der Waals surface area contributed by atoms with Gasteiger partial charge in [-0.2, -0.15) is 0 Å².